The predicted octanol–water partition coefficient (Wildman–Crippen LogP) is 8.72. The Bertz CT molecular complexity index is 440. The summed E-state index contributed by atoms with van der Waals surface area (Å²) in [5.74, 6) is -4.47. The summed E-state index contributed by atoms with van der Waals surface area (Å²) in [5, 5.41) is 0. The number of alkyl halides is 8. The van der Waals surface area contributed by atoms with Crippen molar-refractivity contribution in [2.75, 3.05) is 20.0 Å². The zero-order valence-electron chi connectivity index (χ0n) is 18.0. The number of halogens is 8. The number of hydrogen-bond donors (Lipinski definition) is 0. The van der Waals surface area contributed by atoms with Gasteiger partial charge in [-0.15, -0.1) is 0 Å². The summed E-state index contributed by atoms with van der Waals surface area (Å²) < 4.78 is 89.2. The Hall–Kier alpha value is -1.34. The summed E-state index contributed by atoms with van der Waals surface area (Å²) >= 11 is 0. The molecule has 0 amide bonds. The number of hydrogen-bond acceptors (Lipinski definition) is 0. The highest BCUT2D eigenvalue weighted by Gasteiger charge is 2.53. The van der Waals surface area contributed by atoms with E-state index in [9.17, 15) is 35.1 Å². The van der Waals surface area contributed by atoms with Crippen molar-refractivity contribution in [3.8, 4) is 0 Å². The first-order valence-electron chi connectivity index (χ1n) is 9.28. The molecule has 0 radical (unpaired) electrons. The molecule has 174 valence electrons. The van der Waals surface area contributed by atoms with Crippen LogP contribution in [0, 0.1) is 5.41 Å². The van der Waals surface area contributed by atoms with Crippen molar-refractivity contribution in [3.05, 3.63) is 35.9 Å². The summed E-state index contributed by atoms with van der Waals surface area (Å²) in [6, 6.07) is 9.82. The van der Waals surface area contributed by atoms with Gasteiger partial charge < -0.3 is 0 Å². The van der Waals surface area contributed by atoms with Crippen LogP contribution >= 0.6 is 0 Å². The van der Waals surface area contributed by atoms with E-state index in [1.807, 2.05) is 58.0 Å². The molecule has 0 aliphatic heterocycles. The van der Waals surface area contributed by atoms with Gasteiger partial charge in [0.2, 0.25) is 0 Å². The summed E-state index contributed by atoms with van der Waals surface area (Å²) in [6.07, 6.45) is -3.87. The van der Waals surface area contributed by atoms with Crippen LogP contribution in [0.15, 0.2) is 30.3 Å². The topological polar surface area (TPSA) is 0 Å². The molecule has 0 bridgehead atoms. The third kappa shape index (κ3) is 21.2. The Morgan fingerprint density at radius 1 is 0.793 bits per heavy atom. The zero-order valence-corrected chi connectivity index (χ0v) is 18.0. The molecule has 1 aromatic rings. The number of rotatable bonds is 4. The lowest BCUT2D eigenvalue weighted by atomic mass is 9.98. The fourth-order valence-corrected chi connectivity index (χ4v) is 1.16. The zero-order chi connectivity index (χ0) is 23.7. The average Bonchev–Trinajstić information content (AvgIpc) is 2.63. The van der Waals surface area contributed by atoms with Crippen molar-refractivity contribution in [1.82, 2.24) is 0 Å². The first-order chi connectivity index (χ1) is 13.1. The Labute approximate surface area is 169 Å². The lowest BCUT2D eigenvalue weighted by molar-refractivity contribution is -0.273. The van der Waals surface area contributed by atoms with E-state index in [4.69, 9.17) is 0 Å². The van der Waals surface area contributed by atoms with Crippen LogP contribution in [0.5, 0.6) is 0 Å². The fraction of sp³-hybridized carbons (Fsp3) is 0.714. The third-order valence-electron chi connectivity index (χ3n) is 3.04. The van der Waals surface area contributed by atoms with Crippen molar-refractivity contribution in [2.45, 2.75) is 72.4 Å². The Balaban J connectivity index is -0.000000333. The van der Waals surface area contributed by atoms with E-state index >= 15 is 0 Å². The van der Waals surface area contributed by atoms with Crippen LogP contribution in [-0.2, 0) is 0 Å². The molecule has 1 rings (SSSR count). The van der Waals surface area contributed by atoms with Crippen LogP contribution in [0.4, 0.5) is 35.1 Å². The molecule has 1 unspecified atom stereocenters. The van der Waals surface area contributed by atoms with Crippen LogP contribution < -0.4 is 0 Å². The Morgan fingerprint density at radius 3 is 1.31 bits per heavy atom. The van der Waals surface area contributed by atoms with Crippen LogP contribution in [0.3, 0.4) is 0 Å². The van der Waals surface area contributed by atoms with E-state index in [-0.39, 0.29) is 38.3 Å². The van der Waals surface area contributed by atoms with Gasteiger partial charge in [0, 0.05) is 12.8 Å². The minimum atomic E-state index is -5.40. The third-order valence-corrected chi connectivity index (χ3v) is 3.04. The van der Waals surface area contributed by atoms with Crippen LogP contribution in [0.1, 0.15) is 65.9 Å². The highest BCUT2D eigenvalue weighted by atomic mass is 19.4. The summed E-state index contributed by atoms with van der Waals surface area (Å²) in [5.41, 5.74) is 0.984. The fourth-order valence-electron chi connectivity index (χ4n) is 1.16. The van der Waals surface area contributed by atoms with Gasteiger partial charge in [0.05, 0.1) is 20.0 Å². The highest BCUT2D eigenvalue weighted by molar-refractivity contribution is 5.19. The molecule has 8 heteroatoms. The first-order valence-corrected chi connectivity index (χ1v) is 9.28. The largest absolute Gasteiger partial charge is 0.452 e. The normalized spacial score (nSPS) is 12.3. The van der Waals surface area contributed by atoms with E-state index in [2.05, 4.69) is 0 Å². The lowest BCUT2D eigenvalue weighted by Crippen LogP contribution is -2.32. The molecule has 0 N–H and O–H groups in total. The van der Waals surface area contributed by atoms with Crippen LogP contribution in [0.2, 0.25) is 0 Å². The molecule has 0 heterocycles. The number of benzene rings is 1. The van der Waals surface area contributed by atoms with Crippen molar-refractivity contribution in [3.63, 3.8) is 0 Å². The molecule has 0 aromatic heterocycles. The Kier molecular flexibility index (Phi) is 18.3. The molecule has 29 heavy (non-hydrogen) atoms. The van der Waals surface area contributed by atoms with Crippen molar-refractivity contribution < 1.29 is 35.1 Å². The monoisotopic (exact) mass is 438 g/mol. The minimum absolute atomic E-state index is 0.0937. The standard InChI is InChI=1S/C10H13F.C5H11F.C3H3F5.C3H7F/c1-2-9(8-11)10-6-4-3-5-7-10;1-5(2,3)4-6;1-2(4,5)3(6,7)8;1-2-3-4/h3-7,9H,2,8H2,1H3;4H2,1-3H3;1H3;2-3H2,1H3. The van der Waals surface area contributed by atoms with Crippen molar-refractivity contribution >= 4 is 0 Å². The summed E-state index contributed by atoms with van der Waals surface area (Å²) in [7, 11) is 0. The van der Waals surface area contributed by atoms with Gasteiger partial charge in [0.1, 0.15) is 0 Å². The maximum Gasteiger partial charge on any atom is 0.452 e. The SMILES string of the molecule is CC(C)(C)CF.CC(F)(F)C(F)(F)F.CCC(CF)c1ccccc1.CCCF. The van der Waals surface area contributed by atoms with Gasteiger partial charge in [0.25, 0.3) is 0 Å². The molecule has 0 nitrogen and oxygen atoms in total. The molecule has 0 fully saturated rings. The van der Waals surface area contributed by atoms with Crippen molar-refractivity contribution in [1.29, 1.82) is 0 Å². The van der Waals surface area contributed by atoms with Crippen LogP contribution in [0.25, 0.3) is 0 Å². The quantitative estimate of drug-likeness (QED) is 0.412. The second-order valence-electron chi connectivity index (χ2n) is 7.44. The minimum Gasteiger partial charge on any atom is -0.251 e. The smallest absolute Gasteiger partial charge is 0.251 e. The maximum atomic E-state index is 12.3. The van der Waals surface area contributed by atoms with Gasteiger partial charge >= 0.3 is 12.1 Å². The second-order valence-corrected chi connectivity index (χ2v) is 7.44. The molecular weight excluding hydrogens is 404 g/mol. The maximum absolute atomic E-state index is 12.3. The van der Waals surface area contributed by atoms with E-state index in [0.29, 0.717) is 6.42 Å². The molecular formula is C21H34F8. The summed E-state index contributed by atoms with van der Waals surface area (Å²) in [4.78, 5) is 0. The molecule has 0 aliphatic carbocycles. The van der Waals surface area contributed by atoms with Crippen LogP contribution in [-0.4, -0.2) is 32.1 Å². The summed E-state index contributed by atoms with van der Waals surface area (Å²) in [6.45, 7) is 8.57. The van der Waals surface area contributed by atoms with Gasteiger partial charge in [0.15, 0.2) is 0 Å². The molecule has 1 aromatic carbocycles. The van der Waals surface area contributed by atoms with E-state index in [1.165, 1.54) is 0 Å². The molecule has 1 atom stereocenters. The highest BCUT2D eigenvalue weighted by Crippen LogP contribution is 2.34. The Morgan fingerprint density at radius 2 is 1.14 bits per heavy atom. The van der Waals surface area contributed by atoms with Gasteiger partial charge in [-0.1, -0.05) is 65.0 Å². The second kappa shape index (κ2) is 16.5. The van der Waals surface area contributed by atoms with Gasteiger partial charge in [-0.2, -0.15) is 22.0 Å². The van der Waals surface area contributed by atoms with Gasteiger partial charge in [-0.3, -0.25) is 13.2 Å². The van der Waals surface area contributed by atoms with Gasteiger partial charge in [-0.05, 0) is 23.8 Å². The van der Waals surface area contributed by atoms with Gasteiger partial charge in [-0.25, -0.2) is 0 Å². The lowest BCUT2D eigenvalue weighted by Gasteiger charge is -2.12. The molecule has 0 spiro atoms. The molecule has 0 saturated heterocycles. The van der Waals surface area contributed by atoms with E-state index in [0.717, 1.165) is 12.0 Å². The van der Waals surface area contributed by atoms with Crippen molar-refractivity contribution in [2.24, 2.45) is 5.41 Å². The van der Waals surface area contributed by atoms with E-state index in [1.54, 1.807) is 6.92 Å². The molecule has 0 aliphatic rings. The predicted molar refractivity (Wildman–Crippen MR) is 104 cm³/mol. The van der Waals surface area contributed by atoms with E-state index < -0.39 is 12.1 Å². The molecule has 0 saturated carbocycles. The average molecular weight is 438 g/mol. The first kappa shape index (κ1) is 32.3.